The van der Waals surface area contributed by atoms with E-state index in [4.69, 9.17) is 5.73 Å². The van der Waals surface area contributed by atoms with Gasteiger partial charge in [-0.15, -0.1) is 30.7 Å². The molecule has 6 aromatic rings. The first kappa shape index (κ1) is 52.7. The largest absolute Gasteiger partial charge is 0.505 e. The lowest BCUT2D eigenvalue weighted by Crippen LogP contribution is -2.04. The number of fused-ring (bicyclic) bond motifs is 2. The monoisotopic (exact) mass is 1110 g/mol. The van der Waals surface area contributed by atoms with Gasteiger partial charge in [0.15, 0.2) is 11.5 Å². The van der Waals surface area contributed by atoms with Crippen LogP contribution in [0.15, 0.2) is 127 Å². The fraction of sp³-hybridized carbons (Fsp3) is 0. The van der Waals surface area contributed by atoms with Gasteiger partial charge in [-0.1, -0.05) is 0 Å². The Balaban J connectivity index is 1.60. The number of hydrogen-bond acceptors (Lipinski definition) is 24. The molecule has 0 radical (unpaired) electrons. The van der Waals surface area contributed by atoms with E-state index < -0.39 is 185 Å². The molecule has 0 fully saturated rings. The Morgan fingerprint density at radius 3 is 1.48 bits per heavy atom. The summed E-state index contributed by atoms with van der Waals surface area (Å²) in [6.07, 6.45) is 0. The summed E-state index contributed by atoms with van der Waals surface area (Å²) in [6.45, 7) is 0. The molecule has 0 spiro atoms. The van der Waals surface area contributed by atoms with Crippen LogP contribution in [0, 0.1) is 10.1 Å². The molecular formula is C33H22N8O24S6. The number of nitrogen functional groups attached to an aromatic ring is 1. The summed E-state index contributed by atoms with van der Waals surface area (Å²) >= 11 is 0. The molecule has 0 unspecified atom stereocenters. The molecule has 32 nitrogen and oxygen atoms in total. The summed E-state index contributed by atoms with van der Waals surface area (Å²) < 4.78 is 208. The Morgan fingerprint density at radius 2 is 0.972 bits per heavy atom. The molecule has 6 aromatic carbocycles. The van der Waals surface area contributed by atoms with Crippen LogP contribution in [0.1, 0.15) is 10.4 Å². The number of nitrogens with two attached hydrogens (primary N) is 1. The zero-order chi connectivity index (χ0) is 53.3. The summed E-state index contributed by atoms with van der Waals surface area (Å²) in [7, 11) is -33.0. The van der Waals surface area contributed by atoms with E-state index in [1.54, 1.807) is 0 Å². The van der Waals surface area contributed by atoms with Crippen LogP contribution in [0.2, 0.25) is 0 Å². The van der Waals surface area contributed by atoms with Gasteiger partial charge in [0.2, 0.25) is 0 Å². The second-order valence-electron chi connectivity index (χ2n) is 13.7. The quantitative estimate of drug-likeness (QED) is 0.0217. The van der Waals surface area contributed by atoms with Gasteiger partial charge in [0.25, 0.3) is 66.4 Å². The van der Waals surface area contributed by atoms with Crippen LogP contribution in [0.3, 0.4) is 0 Å². The van der Waals surface area contributed by atoms with E-state index in [1.165, 1.54) is 0 Å². The van der Waals surface area contributed by atoms with Gasteiger partial charge in [0.1, 0.15) is 58.6 Å². The maximum atomic E-state index is 12.9. The molecule has 374 valence electrons. The fourth-order valence-corrected chi connectivity index (χ4v) is 10.2. The molecule has 0 aliphatic rings. The lowest BCUT2D eigenvalue weighted by molar-refractivity contribution is -0.385. The number of carbonyl (C=O) groups is 1. The van der Waals surface area contributed by atoms with Crippen LogP contribution in [-0.2, 0) is 60.7 Å². The number of azo groups is 3. The lowest BCUT2D eigenvalue weighted by atomic mass is 10.0. The summed E-state index contributed by atoms with van der Waals surface area (Å²) in [5, 5.41) is 60.4. The second kappa shape index (κ2) is 18.0. The van der Waals surface area contributed by atoms with Crippen molar-refractivity contribution in [3.8, 4) is 11.5 Å². The molecule has 0 atom stereocenters. The van der Waals surface area contributed by atoms with E-state index in [1.807, 2.05) is 0 Å². The van der Waals surface area contributed by atoms with Crippen LogP contribution >= 0.6 is 0 Å². The van der Waals surface area contributed by atoms with Crippen molar-refractivity contribution in [3.05, 3.63) is 82.4 Å². The number of benzene rings is 6. The molecule has 0 aliphatic heterocycles. The Labute approximate surface area is 394 Å². The molecule has 0 aliphatic carbocycles. The first-order valence-corrected chi connectivity index (χ1v) is 26.3. The summed E-state index contributed by atoms with van der Waals surface area (Å²) in [4.78, 5) is 13.9. The SMILES string of the molecule is Nc1c(N=Nc2ccc3c(O)c(N=Nc4ccc(S(=O)(=O)O)cc4C(=O)O)c(S(=O)(=O)O)cc3c2S(=O)(=O)O)cc(S(=O)(=O)O)c2cc(S(=O)(=O)O)c(N=Nc3ccc([N+](=O)[O-])cc3S(=O)(=O)O)c(O)c12. The lowest BCUT2D eigenvalue weighted by Gasteiger charge is -2.15. The zero-order valence-electron chi connectivity index (χ0n) is 33.7. The average Bonchev–Trinajstić information content (AvgIpc) is 3.22. The minimum atomic E-state index is -5.73. The van der Waals surface area contributed by atoms with Crippen LogP contribution in [0.25, 0.3) is 21.5 Å². The third kappa shape index (κ3) is 10.6. The molecule has 0 heterocycles. The fourth-order valence-electron chi connectivity index (χ4n) is 6.28. The Hall–Kier alpha value is -7.63. The Kier molecular flexibility index (Phi) is 13.3. The molecule has 71 heavy (non-hydrogen) atoms. The van der Waals surface area contributed by atoms with Crippen molar-refractivity contribution in [2.24, 2.45) is 30.7 Å². The Morgan fingerprint density at radius 1 is 0.493 bits per heavy atom. The number of carboxylic acid groups (broad SMARTS) is 1. The number of rotatable bonds is 14. The van der Waals surface area contributed by atoms with Gasteiger partial charge in [-0.3, -0.25) is 37.4 Å². The highest BCUT2D eigenvalue weighted by Crippen LogP contribution is 2.50. The minimum Gasteiger partial charge on any atom is -0.505 e. The van der Waals surface area contributed by atoms with Crippen LogP contribution in [0.5, 0.6) is 11.5 Å². The highest BCUT2D eigenvalue weighted by molar-refractivity contribution is 7.87. The van der Waals surface area contributed by atoms with E-state index in [2.05, 4.69) is 30.7 Å². The molecule has 0 bridgehead atoms. The molecule has 0 saturated heterocycles. The number of aromatic hydroxyl groups is 2. The number of aromatic carboxylic acids is 1. The number of nitrogens with zero attached hydrogens (tertiary/aromatic N) is 7. The van der Waals surface area contributed by atoms with Gasteiger partial charge in [-0.05, 0) is 54.6 Å². The highest BCUT2D eigenvalue weighted by Gasteiger charge is 2.31. The third-order valence-corrected chi connectivity index (χ3v) is 14.6. The molecule has 0 saturated carbocycles. The van der Waals surface area contributed by atoms with Gasteiger partial charge in [0, 0.05) is 28.3 Å². The number of carboxylic acids is 1. The van der Waals surface area contributed by atoms with E-state index in [0.717, 1.165) is 6.07 Å². The van der Waals surface area contributed by atoms with Gasteiger partial charge in [-0.2, -0.15) is 50.5 Å². The maximum Gasteiger partial charge on any atom is 0.338 e. The third-order valence-electron chi connectivity index (χ3n) is 9.28. The molecular weight excluding hydrogens is 1080 g/mol. The van der Waals surface area contributed by atoms with Crippen molar-refractivity contribution in [3.63, 3.8) is 0 Å². The van der Waals surface area contributed by atoms with Gasteiger partial charge >= 0.3 is 5.97 Å². The molecule has 0 aromatic heterocycles. The second-order valence-corrected chi connectivity index (χ2v) is 22.1. The van der Waals surface area contributed by atoms with E-state index in [0.29, 0.717) is 48.5 Å². The highest BCUT2D eigenvalue weighted by atomic mass is 32.2. The van der Waals surface area contributed by atoms with Gasteiger partial charge in [0.05, 0.1) is 26.5 Å². The number of phenolic OH excluding ortho intramolecular Hbond substituents is 2. The predicted octanol–water partition coefficient (Wildman–Crippen LogP) is 5.32. The van der Waals surface area contributed by atoms with E-state index in [9.17, 15) is 108 Å². The zero-order valence-corrected chi connectivity index (χ0v) is 38.6. The van der Waals surface area contributed by atoms with Crippen molar-refractivity contribution < 1.29 is 103 Å². The average molecular weight is 1110 g/mol. The van der Waals surface area contributed by atoms with Gasteiger partial charge < -0.3 is 21.1 Å². The summed E-state index contributed by atoms with van der Waals surface area (Å²) in [5.74, 6) is -4.78. The van der Waals surface area contributed by atoms with Crippen LogP contribution < -0.4 is 5.73 Å². The smallest absolute Gasteiger partial charge is 0.338 e. The topological polar surface area (TPSA) is 547 Å². The number of anilines is 1. The van der Waals surface area contributed by atoms with Crippen molar-refractivity contribution >= 4 is 134 Å². The van der Waals surface area contributed by atoms with Crippen molar-refractivity contribution in [1.29, 1.82) is 0 Å². The maximum absolute atomic E-state index is 12.9. The summed E-state index contributed by atoms with van der Waals surface area (Å²) in [5.41, 5.74) is -3.06. The molecule has 0 amide bonds. The predicted molar refractivity (Wildman–Crippen MR) is 234 cm³/mol. The van der Waals surface area contributed by atoms with Crippen molar-refractivity contribution in [1.82, 2.24) is 0 Å². The Bertz CT molecular complexity index is 4200. The van der Waals surface area contributed by atoms with Gasteiger partial charge in [-0.25, -0.2) is 4.79 Å². The molecule has 11 N–H and O–H groups in total. The van der Waals surface area contributed by atoms with Crippen molar-refractivity contribution in [2.45, 2.75) is 29.4 Å². The number of nitro groups is 1. The molecule has 6 rings (SSSR count). The summed E-state index contributed by atoms with van der Waals surface area (Å²) in [6, 6.07) is 5.50. The van der Waals surface area contributed by atoms with E-state index >= 15 is 0 Å². The normalized spacial score (nSPS) is 13.3. The van der Waals surface area contributed by atoms with Crippen molar-refractivity contribution in [2.75, 3.05) is 5.73 Å². The van der Waals surface area contributed by atoms with Crippen LogP contribution in [-0.4, -0.2) is 104 Å². The minimum absolute atomic E-state index is 0.246. The number of non-ortho nitro benzene ring substituents is 1. The van der Waals surface area contributed by atoms with Crippen LogP contribution in [0.4, 0.5) is 45.5 Å². The van der Waals surface area contributed by atoms with E-state index in [-0.39, 0.29) is 12.1 Å². The number of hydrogen-bond donors (Lipinski definition) is 10. The number of phenols is 2. The molecule has 38 heteroatoms. The number of nitro benzene ring substituents is 1. The first-order valence-electron chi connectivity index (χ1n) is 17.6. The standard InChI is InChI=1S/C33H22N8O24S6/c34-27-21(11-22(67(51,52)53)17-10-25(70(60,61)62)29(31(43)26(17)27)40-36-19-4-1-12(41(46)47)7-23(19)68(54,55)56)38-37-20-6-3-14-15(32(20)71(63,64)65)9-24(69(57,58)59)28(30(14)42)39-35-18-5-2-13(66(48,49)50)8-16(18)33(44)45/h1-11,42-43H,34H2,(H,44,45)(H,48,49,50)(H,51,52,53)(H,54,55,56)(H,57,58,59)(H,60,61,62)(H,63,64,65). The first-order chi connectivity index (χ1) is 32.4.